The van der Waals surface area contributed by atoms with Crippen LogP contribution < -0.4 is 16.2 Å². The number of pyridine rings is 1. The van der Waals surface area contributed by atoms with Gasteiger partial charge in [-0.15, -0.1) is 12.4 Å². The van der Waals surface area contributed by atoms with E-state index in [1.54, 1.807) is 0 Å². The second kappa shape index (κ2) is 7.47. The molecule has 23 heavy (non-hydrogen) atoms. The average Bonchev–Trinajstić information content (AvgIpc) is 2.50. The fraction of sp³-hybridized carbons (Fsp3) is 0.375. The van der Waals surface area contributed by atoms with Gasteiger partial charge in [0.15, 0.2) is 0 Å². The molecule has 3 rings (SSSR count). The van der Waals surface area contributed by atoms with Gasteiger partial charge < -0.3 is 15.6 Å². The van der Waals surface area contributed by atoms with E-state index in [4.69, 9.17) is 0 Å². The lowest BCUT2D eigenvalue weighted by molar-refractivity contribution is 0.0915. The summed E-state index contributed by atoms with van der Waals surface area (Å²) in [5.41, 5.74) is 0.798. The molecule has 0 radical (unpaired) electrons. The van der Waals surface area contributed by atoms with Crippen LogP contribution in [0.1, 0.15) is 23.7 Å². The number of hydrogen-bond donors (Lipinski definition) is 3. The van der Waals surface area contributed by atoms with Crippen molar-refractivity contribution in [1.29, 1.82) is 0 Å². The van der Waals surface area contributed by atoms with E-state index in [-0.39, 0.29) is 29.9 Å². The number of amides is 1. The average molecular weight is 401 g/mol. The Morgan fingerprint density at radius 2 is 2.17 bits per heavy atom. The number of H-pyrrole nitrogens is 1. The van der Waals surface area contributed by atoms with Crippen LogP contribution in [0.15, 0.2) is 33.5 Å². The molecule has 2 heterocycles. The fourth-order valence-electron chi connectivity index (χ4n) is 2.91. The van der Waals surface area contributed by atoms with Crippen LogP contribution in [-0.2, 0) is 0 Å². The number of benzene rings is 1. The van der Waals surface area contributed by atoms with E-state index >= 15 is 0 Å². The van der Waals surface area contributed by atoms with E-state index in [0.29, 0.717) is 17.0 Å². The zero-order chi connectivity index (χ0) is 15.7. The standard InChI is InChI=1S/C16H18BrN3O2.ClH/c1-9-8-18-6-5-13(9)19-16(22)11-7-14(21)20-15-10(11)3-2-4-12(15)17;/h2-4,7,9,13,18H,5-6,8H2,1H3,(H,19,22)(H,20,21);1H. The molecule has 0 spiro atoms. The third kappa shape index (κ3) is 3.76. The summed E-state index contributed by atoms with van der Waals surface area (Å²) in [6.45, 7) is 3.91. The van der Waals surface area contributed by atoms with Crippen LogP contribution in [0.5, 0.6) is 0 Å². The number of carbonyl (C=O) groups excluding carboxylic acids is 1. The number of piperidine rings is 1. The minimum absolute atomic E-state index is 0. The number of aromatic nitrogens is 1. The summed E-state index contributed by atoms with van der Waals surface area (Å²) in [6.07, 6.45) is 0.901. The third-order valence-corrected chi connectivity index (χ3v) is 4.83. The molecule has 124 valence electrons. The number of carbonyl (C=O) groups is 1. The van der Waals surface area contributed by atoms with Crippen LogP contribution in [0.3, 0.4) is 0 Å². The summed E-state index contributed by atoms with van der Waals surface area (Å²) in [6, 6.07) is 7.05. The minimum atomic E-state index is -0.275. The third-order valence-electron chi connectivity index (χ3n) is 4.17. The normalized spacial score (nSPS) is 20.8. The topological polar surface area (TPSA) is 74.0 Å². The second-order valence-electron chi connectivity index (χ2n) is 5.76. The van der Waals surface area contributed by atoms with Gasteiger partial charge in [0.25, 0.3) is 5.91 Å². The SMILES string of the molecule is CC1CNCCC1NC(=O)c1cc(=O)[nH]c2c(Br)cccc12.Cl. The minimum Gasteiger partial charge on any atom is -0.349 e. The molecule has 1 aromatic heterocycles. The van der Waals surface area contributed by atoms with Crippen molar-refractivity contribution in [1.82, 2.24) is 15.6 Å². The monoisotopic (exact) mass is 399 g/mol. The lowest BCUT2D eigenvalue weighted by Crippen LogP contribution is -2.48. The fourth-order valence-corrected chi connectivity index (χ4v) is 3.37. The number of fused-ring (bicyclic) bond motifs is 1. The lowest BCUT2D eigenvalue weighted by Gasteiger charge is -2.30. The Balaban J connectivity index is 0.00000192. The van der Waals surface area contributed by atoms with Crippen LogP contribution in [0.2, 0.25) is 0 Å². The lowest BCUT2D eigenvalue weighted by atomic mass is 9.95. The highest BCUT2D eigenvalue weighted by molar-refractivity contribution is 9.10. The molecule has 1 aromatic carbocycles. The van der Waals surface area contributed by atoms with Gasteiger partial charge in [0.05, 0.1) is 11.1 Å². The van der Waals surface area contributed by atoms with E-state index in [9.17, 15) is 9.59 Å². The number of aromatic amines is 1. The van der Waals surface area contributed by atoms with Crippen molar-refractivity contribution in [2.75, 3.05) is 13.1 Å². The number of hydrogen-bond acceptors (Lipinski definition) is 3. The molecule has 1 aliphatic rings. The molecule has 1 amide bonds. The first kappa shape index (κ1) is 18.0. The number of halogens is 2. The molecule has 2 aromatic rings. The molecule has 1 saturated heterocycles. The van der Waals surface area contributed by atoms with Crippen molar-refractivity contribution in [3.63, 3.8) is 0 Å². The summed E-state index contributed by atoms with van der Waals surface area (Å²) in [5.74, 6) is 0.186. The van der Waals surface area contributed by atoms with E-state index in [1.807, 2.05) is 18.2 Å². The quantitative estimate of drug-likeness (QED) is 0.725. The molecule has 7 heteroatoms. The summed E-state index contributed by atoms with van der Waals surface area (Å²) < 4.78 is 0.770. The first-order chi connectivity index (χ1) is 10.6. The van der Waals surface area contributed by atoms with Gasteiger partial charge in [-0.05, 0) is 47.4 Å². The Morgan fingerprint density at radius 3 is 2.91 bits per heavy atom. The van der Waals surface area contributed by atoms with E-state index in [1.165, 1.54) is 6.07 Å². The summed E-state index contributed by atoms with van der Waals surface area (Å²) in [5, 5.41) is 7.13. The molecule has 1 fully saturated rings. The first-order valence-corrected chi connectivity index (χ1v) is 8.18. The Hall–Kier alpha value is -1.37. The number of rotatable bonds is 2. The molecule has 3 N–H and O–H groups in total. The van der Waals surface area contributed by atoms with Crippen molar-refractivity contribution in [3.8, 4) is 0 Å². The zero-order valence-corrected chi connectivity index (χ0v) is 15.1. The maximum atomic E-state index is 12.6. The Bertz CT molecular complexity index is 777. The Labute approximate surface area is 148 Å². The smallest absolute Gasteiger partial charge is 0.252 e. The molecular formula is C16H19BrClN3O2. The molecule has 0 bridgehead atoms. The maximum absolute atomic E-state index is 12.6. The molecule has 2 atom stereocenters. The molecule has 1 aliphatic heterocycles. The van der Waals surface area contributed by atoms with Crippen molar-refractivity contribution in [3.05, 3.63) is 44.7 Å². The largest absolute Gasteiger partial charge is 0.349 e. The molecule has 0 aliphatic carbocycles. The van der Waals surface area contributed by atoms with Crippen LogP contribution in [0, 0.1) is 5.92 Å². The second-order valence-corrected chi connectivity index (χ2v) is 6.61. The van der Waals surface area contributed by atoms with E-state index < -0.39 is 0 Å². The van der Waals surface area contributed by atoms with Crippen LogP contribution in [0.4, 0.5) is 0 Å². The molecule has 2 unspecified atom stereocenters. The number of nitrogens with one attached hydrogen (secondary N) is 3. The summed E-state index contributed by atoms with van der Waals surface area (Å²) in [7, 11) is 0. The van der Waals surface area contributed by atoms with Gasteiger partial charge in [-0.25, -0.2) is 0 Å². The molecule has 5 nitrogen and oxygen atoms in total. The van der Waals surface area contributed by atoms with Gasteiger partial charge in [-0.1, -0.05) is 19.1 Å². The number of para-hydroxylation sites is 1. The Morgan fingerprint density at radius 1 is 1.39 bits per heavy atom. The van der Waals surface area contributed by atoms with Gasteiger partial charge >= 0.3 is 0 Å². The van der Waals surface area contributed by atoms with Crippen LogP contribution in [0.25, 0.3) is 10.9 Å². The van der Waals surface area contributed by atoms with Gasteiger partial charge in [0.1, 0.15) is 0 Å². The maximum Gasteiger partial charge on any atom is 0.252 e. The summed E-state index contributed by atoms with van der Waals surface area (Å²) >= 11 is 3.41. The van der Waals surface area contributed by atoms with E-state index in [0.717, 1.165) is 29.4 Å². The van der Waals surface area contributed by atoms with Crippen molar-refractivity contribution < 1.29 is 4.79 Å². The first-order valence-electron chi connectivity index (χ1n) is 7.39. The Kier molecular flexibility index (Phi) is 5.84. The molecule has 0 saturated carbocycles. The highest BCUT2D eigenvalue weighted by atomic mass is 79.9. The van der Waals surface area contributed by atoms with Gasteiger partial charge in [-0.2, -0.15) is 0 Å². The van der Waals surface area contributed by atoms with Crippen LogP contribution >= 0.6 is 28.3 Å². The van der Waals surface area contributed by atoms with Gasteiger partial charge in [0, 0.05) is 22.0 Å². The van der Waals surface area contributed by atoms with Gasteiger partial charge in [-0.3, -0.25) is 9.59 Å². The molecular weight excluding hydrogens is 382 g/mol. The zero-order valence-electron chi connectivity index (χ0n) is 12.7. The van der Waals surface area contributed by atoms with Crippen molar-refractivity contribution in [2.45, 2.75) is 19.4 Å². The summed E-state index contributed by atoms with van der Waals surface area (Å²) in [4.78, 5) is 27.3. The van der Waals surface area contributed by atoms with Crippen molar-refractivity contribution >= 4 is 45.1 Å². The van der Waals surface area contributed by atoms with E-state index in [2.05, 4.69) is 38.5 Å². The highest BCUT2D eigenvalue weighted by Crippen LogP contribution is 2.23. The van der Waals surface area contributed by atoms with Gasteiger partial charge in [0.2, 0.25) is 5.56 Å². The predicted molar refractivity (Wildman–Crippen MR) is 97.4 cm³/mol. The van der Waals surface area contributed by atoms with Crippen LogP contribution in [-0.4, -0.2) is 30.0 Å². The highest BCUT2D eigenvalue weighted by Gasteiger charge is 2.24. The predicted octanol–water partition coefficient (Wildman–Crippen LogP) is 2.44. The van der Waals surface area contributed by atoms with Crippen molar-refractivity contribution in [2.24, 2.45) is 5.92 Å².